The van der Waals surface area contributed by atoms with Crippen LogP contribution in [0.25, 0.3) is 0 Å². The minimum Gasteiger partial charge on any atom is -0.446 e. The van der Waals surface area contributed by atoms with E-state index in [1.807, 2.05) is 0 Å². The number of amides is 1. The molecular formula is C35H63N3O2. The van der Waals surface area contributed by atoms with Gasteiger partial charge in [-0.3, -0.25) is 4.90 Å². The lowest BCUT2D eigenvalue weighted by atomic mass is 9.47. The quantitative estimate of drug-likeness (QED) is 0.296. The van der Waals surface area contributed by atoms with E-state index in [-0.39, 0.29) is 13.6 Å². The molecule has 0 aromatic rings. The van der Waals surface area contributed by atoms with E-state index < -0.39 is 0 Å². The number of hydrogen-bond acceptors (Lipinski definition) is 4. The average Bonchev–Trinajstić information content (AvgIpc) is 3.27. The van der Waals surface area contributed by atoms with Crippen LogP contribution in [0.1, 0.15) is 107 Å². The molecule has 1 aliphatic heterocycles. The molecule has 0 radical (unpaired) electrons. The van der Waals surface area contributed by atoms with Crippen LogP contribution < -0.4 is 5.32 Å². The van der Waals surface area contributed by atoms with E-state index in [2.05, 4.69) is 62.9 Å². The van der Waals surface area contributed by atoms with Crippen LogP contribution in [0.5, 0.6) is 0 Å². The van der Waals surface area contributed by atoms with E-state index >= 15 is 0 Å². The van der Waals surface area contributed by atoms with E-state index in [1.54, 1.807) is 5.57 Å². The summed E-state index contributed by atoms with van der Waals surface area (Å²) in [7, 11) is 2.18. The predicted octanol–water partition coefficient (Wildman–Crippen LogP) is 7.62. The summed E-state index contributed by atoms with van der Waals surface area (Å²) in [5.74, 6) is 5.20. The Balaban J connectivity index is 0.00000387. The molecule has 5 heteroatoms. The number of allylic oxidation sites excluding steroid dienone is 1. The maximum absolute atomic E-state index is 12.6. The first-order valence-electron chi connectivity index (χ1n) is 17.1. The van der Waals surface area contributed by atoms with Crippen molar-refractivity contribution in [3.8, 4) is 0 Å². The fraction of sp³-hybridized carbons (Fsp3) is 0.914. The van der Waals surface area contributed by atoms with Crippen molar-refractivity contribution in [2.75, 3.05) is 46.3 Å². The molecule has 8 atom stereocenters. The molecule has 0 aromatic carbocycles. The SMILES string of the molecule is CC(C)CCC[C@@H](C)[C@H]1CC[C@H]2[C@@H]3CC=C4C[C@@H](OC(=O)NCCN5CCN(C)CC5)CC[C@]4(C)[C@H]3CCC12C.[HH]. The zero-order valence-corrected chi connectivity index (χ0v) is 26.9. The molecule has 5 nitrogen and oxygen atoms in total. The number of fused-ring (bicyclic) bond motifs is 5. The Morgan fingerprint density at radius 2 is 1.82 bits per heavy atom. The van der Waals surface area contributed by atoms with Crippen molar-refractivity contribution in [1.82, 2.24) is 15.1 Å². The number of ether oxygens (including phenoxy) is 1. The van der Waals surface area contributed by atoms with Crippen molar-refractivity contribution in [3.63, 3.8) is 0 Å². The molecule has 5 aliphatic rings. The molecule has 4 fully saturated rings. The van der Waals surface area contributed by atoms with E-state index in [9.17, 15) is 4.79 Å². The minimum atomic E-state index is -0.218. The molecule has 3 saturated carbocycles. The fourth-order valence-corrected chi connectivity index (χ4v) is 10.3. The van der Waals surface area contributed by atoms with Crippen molar-refractivity contribution in [2.24, 2.45) is 46.3 Å². The summed E-state index contributed by atoms with van der Waals surface area (Å²) in [4.78, 5) is 17.4. The summed E-state index contributed by atoms with van der Waals surface area (Å²) in [5, 5.41) is 3.04. The molecule has 40 heavy (non-hydrogen) atoms. The molecule has 1 heterocycles. The van der Waals surface area contributed by atoms with Gasteiger partial charge in [0.2, 0.25) is 0 Å². The van der Waals surface area contributed by atoms with Crippen LogP contribution in [-0.4, -0.2) is 68.3 Å². The van der Waals surface area contributed by atoms with Crippen LogP contribution in [0.2, 0.25) is 0 Å². The lowest BCUT2D eigenvalue weighted by Crippen LogP contribution is -2.51. The van der Waals surface area contributed by atoms with Gasteiger partial charge in [0.15, 0.2) is 0 Å². The Bertz CT molecular complexity index is 902. The molecule has 1 unspecified atom stereocenters. The van der Waals surface area contributed by atoms with Gasteiger partial charge in [0, 0.05) is 47.1 Å². The summed E-state index contributed by atoms with van der Waals surface area (Å²) in [6, 6.07) is 0. The van der Waals surface area contributed by atoms with Crippen molar-refractivity contribution < 1.29 is 11.0 Å². The molecule has 1 amide bonds. The Morgan fingerprint density at radius 3 is 2.58 bits per heavy atom. The van der Waals surface area contributed by atoms with Gasteiger partial charge in [-0.15, -0.1) is 0 Å². The highest BCUT2D eigenvalue weighted by Gasteiger charge is 2.59. The van der Waals surface area contributed by atoms with E-state index in [4.69, 9.17) is 4.74 Å². The van der Waals surface area contributed by atoms with Gasteiger partial charge < -0.3 is 15.0 Å². The molecular weight excluding hydrogens is 494 g/mol. The highest BCUT2D eigenvalue weighted by molar-refractivity contribution is 5.67. The number of nitrogens with zero attached hydrogens (tertiary/aromatic N) is 2. The highest BCUT2D eigenvalue weighted by atomic mass is 16.6. The summed E-state index contributed by atoms with van der Waals surface area (Å²) >= 11 is 0. The number of carbonyl (C=O) groups is 1. The van der Waals surface area contributed by atoms with E-state index in [0.717, 1.165) is 81.1 Å². The smallest absolute Gasteiger partial charge is 0.407 e. The molecule has 5 rings (SSSR count). The number of alkyl carbamates (subject to hydrolysis) is 1. The van der Waals surface area contributed by atoms with Gasteiger partial charge in [0.05, 0.1) is 0 Å². The highest BCUT2D eigenvalue weighted by Crippen LogP contribution is 2.67. The molecule has 4 aliphatic carbocycles. The lowest BCUT2D eigenvalue weighted by Gasteiger charge is -2.58. The first-order chi connectivity index (χ1) is 19.1. The number of rotatable bonds is 9. The first-order valence-corrected chi connectivity index (χ1v) is 17.1. The molecule has 230 valence electrons. The van der Waals surface area contributed by atoms with Gasteiger partial charge >= 0.3 is 6.09 Å². The Hall–Kier alpha value is -1.07. The second kappa shape index (κ2) is 12.7. The standard InChI is InChI=1S/C35H61N3O2.H2/c1-25(2)8-7-9-26(3)30-12-13-31-29-11-10-27-24-28(14-16-34(27,4)32(29)15-17-35(30,31)5)40-33(39)36-18-19-38-22-20-37(6)21-23-38;/h10,25-26,28-32H,7-9,11-24H2,1-6H3,(H,36,39);1H/t26-,28+,29+,30-,31+,32+,34+,35?;/m1./s1. The Labute approximate surface area is 247 Å². The van der Waals surface area contributed by atoms with Gasteiger partial charge in [-0.1, -0.05) is 65.5 Å². The van der Waals surface area contributed by atoms with Crippen LogP contribution in [0.15, 0.2) is 11.6 Å². The van der Waals surface area contributed by atoms with Crippen LogP contribution >= 0.6 is 0 Å². The predicted molar refractivity (Wildman–Crippen MR) is 167 cm³/mol. The van der Waals surface area contributed by atoms with Crippen molar-refractivity contribution >= 4 is 6.09 Å². The summed E-state index contributed by atoms with van der Waals surface area (Å²) in [6.07, 6.45) is 16.8. The Kier molecular flexibility index (Phi) is 9.62. The summed E-state index contributed by atoms with van der Waals surface area (Å²) in [5.41, 5.74) is 2.46. The summed E-state index contributed by atoms with van der Waals surface area (Å²) in [6.45, 7) is 18.6. The summed E-state index contributed by atoms with van der Waals surface area (Å²) < 4.78 is 5.98. The lowest BCUT2D eigenvalue weighted by molar-refractivity contribution is -0.0581. The van der Waals surface area contributed by atoms with Crippen LogP contribution in [0.3, 0.4) is 0 Å². The number of likely N-dealkylation sites (N-methyl/N-ethyl adjacent to an activating group) is 1. The fourth-order valence-electron chi connectivity index (χ4n) is 10.3. The maximum atomic E-state index is 12.6. The van der Waals surface area contributed by atoms with Crippen LogP contribution in [0.4, 0.5) is 4.79 Å². The van der Waals surface area contributed by atoms with E-state index in [0.29, 0.717) is 17.4 Å². The van der Waals surface area contributed by atoms with Gasteiger partial charge in [-0.2, -0.15) is 0 Å². The van der Waals surface area contributed by atoms with Gasteiger partial charge in [-0.05, 0) is 98.3 Å². The minimum absolute atomic E-state index is 0. The third-order valence-corrected chi connectivity index (χ3v) is 12.8. The van der Waals surface area contributed by atoms with Gasteiger partial charge in [-0.25, -0.2) is 4.79 Å². The molecule has 0 spiro atoms. The normalized spacial score (nSPS) is 39.2. The third-order valence-electron chi connectivity index (χ3n) is 12.8. The zero-order chi connectivity index (χ0) is 28.5. The maximum Gasteiger partial charge on any atom is 0.407 e. The third kappa shape index (κ3) is 6.31. The molecule has 0 bridgehead atoms. The topological polar surface area (TPSA) is 44.8 Å². The monoisotopic (exact) mass is 557 g/mol. The molecule has 0 aromatic heterocycles. The van der Waals surface area contributed by atoms with Crippen molar-refractivity contribution in [2.45, 2.75) is 111 Å². The Morgan fingerprint density at radius 1 is 1.05 bits per heavy atom. The number of nitrogens with one attached hydrogen (secondary N) is 1. The van der Waals surface area contributed by atoms with E-state index in [1.165, 1.54) is 57.8 Å². The second-order valence-corrected chi connectivity index (χ2v) is 15.6. The number of piperazine rings is 1. The largest absolute Gasteiger partial charge is 0.446 e. The average molecular weight is 558 g/mol. The molecule has 1 N–H and O–H groups in total. The number of carbonyl (C=O) groups excluding carboxylic acids is 1. The molecule has 1 saturated heterocycles. The second-order valence-electron chi connectivity index (χ2n) is 15.6. The van der Waals surface area contributed by atoms with Crippen LogP contribution in [-0.2, 0) is 4.74 Å². The van der Waals surface area contributed by atoms with Gasteiger partial charge in [0.25, 0.3) is 0 Å². The van der Waals surface area contributed by atoms with Crippen LogP contribution in [0, 0.1) is 46.3 Å². The van der Waals surface area contributed by atoms with Crippen molar-refractivity contribution in [1.29, 1.82) is 0 Å². The van der Waals surface area contributed by atoms with Gasteiger partial charge in [0.1, 0.15) is 6.10 Å². The van der Waals surface area contributed by atoms with Crippen molar-refractivity contribution in [3.05, 3.63) is 11.6 Å². The zero-order valence-electron chi connectivity index (χ0n) is 26.9. The first kappa shape index (κ1) is 30.4. The number of hydrogen-bond donors (Lipinski definition) is 1.